The van der Waals surface area contributed by atoms with Crippen LogP contribution in [0.15, 0.2) is 0 Å². The summed E-state index contributed by atoms with van der Waals surface area (Å²) in [6.45, 7) is 4.92. The summed E-state index contributed by atoms with van der Waals surface area (Å²) in [6.07, 6.45) is 6.67. The molecular formula is C13H24N2O3. The third-order valence-corrected chi connectivity index (χ3v) is 5.10. The Morgan fingerprint density at radius 3 is 2.61 bits per heavy atom. The second-order valence-corrected chi connectivity index (χ2v) is 6.75. The molecule has 5 heteroatoms. The fraction of sp³-hybridized carbons (Fsp3) is 1.00. The van der Waals surface area contributed by atoms with E-state index in [4.69, 9.17) is 10.6 Å². The molecule has 5 nitrogen and oxygen atoms in total. The van der Waals surface area contributed by atoms with Gasteiger partial charge in [0.1, 0.15) is 5.60 Å². The van der Waals surface area contributed by atoms with Gasteiger partial charge in [0.25, 0.3) is 5.09 Å². The van der Waals surface area contributed by atoms with Crippen LogP contribution in [0.5, 0.6) is 0 Å². The molecule has 2 fully saturated rings. The summed E-state index contributed by atoms with van der Waals surface area (Å²) in [6, 6.07) is 0. The Labute approximate surface area is 108 Å². The molecule has 0 aromatic rings. The molecule has 3 unspecified atom stereocenters. The first-order chi connectivity index (χ1) is 8.37. The maximum atomic E-state index is 10.8. The quantitative estimate of drug-likeness (QED) is 0.619. The molecule has 0 amide bonds. The summed E-state index contributed by atoms with van der Waals surface area (Å²) >= 11 is 0. The van der Waals surface area contributed by atoms with Crippen LogP contribution in [-0.2, 0) is 4.84 Å². The van der Waals surface area contributed by atoms with Gasteiger partial charge in [0, 0.05) is 0 Å². The average molecular weight is 256 g/mol. The Hall–Kier alpha value is -0.840. The minimum absolute atomic E-state index is 0.0231. The van der Waals surface area contributed by atoms with Crippen LogP contribution in [0.1, 0.15) is 58.8 Å². The molecule has 2 rings (SSSR count). The van der Waals surface area contributed by atoms with Crippen molar-refractivity contribution in [2.45, 2.75) is 64.4 Å². The van der Waals surface area contributed by atoms with Crippen LogP contribution in [0.4, 0.5) is 0 Å². The lowest BCUT2D eigenvalue weighted by Gasteiger charge is -2.57. The summed E-state index contributed by atoms with van der Waals surface area (Å²) in [5.41, 5.74) is 5.51. The molecule has 0 spiro atoms. The lowest BCUT2D eigenvalue weighted by Crippen LogP contribution is -2.55. The second kappa shape index (κ2) is 4.37. The summed E-state index contributed by atoms with van der Waals surface area (Å²) in [7, 11) is 0. The number of rotatable bonds is 4. The Morgan fingerprint density at radius 1 is 1.33 bits per heavy atom. The molecule has 2 bridgehead atoms. The fourth-order valence-electron chi connectivity index (χ4n) is 4.53. The molecule has 104 valence electrons. The van der Waals surface area contributed by atoms with Gasteiger partial charge in [-0.05, 0) is 49.5 Å². The molecule has 0 aromatic carbocycles. The van der Waals surface area contributed by atoms with E-state index in [1.54, 1.807) is 0 Å². The van der Waals surface area contributed by atoms with E-state index in [-0.39, 0.29) is 10.8 Å². The topological polar surface area (TPSA) is 78.4 Å². The second-order valence-electron chi connectivity index (χ2n) is 6.75. The minimum Gasteiger partial charge on any atom is -0.330 e. The van der Waals surface area contributed by atoms with Crippen LogP contribution in [0.2, 0.25) is 0 Å². The lowest BCUT2D eigenvalue weighted by molar-refractivity contribution is -0.785. The van der Waals surface area contributed by atoms with Gasteiger partial charge >= 0.3 is 0 Å². The maximum absolute atomic E-state index is 10.8. The van der Waals surface area contributed by atoms with E-state index in [0.717, 1.165) is 44.9 Å². The van der Waals surface area contributed by atoms with E-state index in [1.807, 2.05) is 0 Å². The number of nitrogens with two attached hydrogens (primary N) is 1. The largest absolute Gasteiger partial charge is 0.330 e. The van der Waals surface area contributed by atoms with E-state index in [9.17, 15) is 10.1 Å². The molecule has 2 aliphatic rings. The Balaban J connectivity index is 2.31. The third kappa shape index (κ3) is 2.32. The first kappa shape index (κ1) is 13.6. The summed E-state index contributed by atoms with van der Waals surface area (Å²) in [5.74, 6) is 0. The molecule has 18 heavy (non-hydrogen) atoms. The van der Waals surface area contributed by atoms with E-state index >= 15 is 0 Å². The van der Waals surface area contributed by atoms with Crippen molar-refractivity contribution >= 4 is 0 Å². The summed E-state index contributed by atoms with van der Waals surface area (Å²) < 4.78 is 0. The summed E-state index contributed by atoms with van der Waals surface area (Å²) in [5, 5.41) is 10.2. The number of nitrogens with zero attached hydrogens (tertiary/aromatic N) is 1. The van der Waals surface area contributed by atoms with Gasteiger partial charge in [-0.15, -0.1) is 10.1 Å². The smallest absolute Gasteiger partial charge is 0.295 e. The fourth-order valence-corrected chi connectivity index (χ4v) is 4.53. The molecule has 2 N–H and O–H groups in total. The molecule has 3 atom stereocenters. The predicted octanol–water partition coefficient (Wildman–Crippen LogP) is 2.66. The van der Waals surface area contributed by atoms with E-state index in [1.165, 1.54) is 0 Å². The van der Waals surface area contributed by atoms with Crippen LogP contribution in [0.25, 0.3) is 0 Å². The molecule has 0 aromatic heterocycles. The standard InChI is InChI=1S/C13H24N2O3/c1-3-12-5-4-6-13(9-12,18-15(16)17)8-11(2,7-12)10-14/h3-10,14H2,1-2H3. The molecule has 0 radical (unpaired) electrons. The van der Waals surface area contributed by atoms with Crippen LogP contribution in [0.3, 0.4) is 0 Å². The maximum Gasteiger partial charge on any atom is 0.295 e. The number of fused-ring (bicyclic) bond motifs is 2. The average Bonchev–Trinajstić information content (AvgIpc) is 2.26. The van der Waals surface area contributed by atoms with Crippen molar-refractivity contribution in [2.75, 3.05) is 6.54 Å². The van der Waals surface area contributed by atoms with E-state index in [2.05, 4.69) is 13.8 Å². The first-order valence-electron chi connectivity index (χ1n) is 6.90. The van der Waals surface area contributed by atoms with Gasteiger partial charge in [0.05, 0.1) is 0 Å². The predicted molar refractivity (Wildman–Crippen MR) is 68.4 cm³/mol. The van der Waals surface area contributed by atoms with Gasteiger partial charge in [0.2, 0.25) is 0 Å². The van der Waals surface area contributed by atoms with Gasteiger partial charge < -0.3 is 10.6 Å². The van der Waals surface area contributed by atoms with Gasteiger partial charge in [-0.2, -0.15) is 0 Å². The van der Waals surface area contributed by atoms with Crippen LogP contribution >= 0.6 is 0 Å². The third-order valence-electron chi connectivity index (χ3n) is 5.10. The van der Waals surface area contributed by atoms with Gasteiger partial charge in [-0.1, -0.05) is 26.7 Å². The van der Waals surface area contributed by atoms with E-state index in [0.29, 0.717) is 6.54 Å². The molecule has 0 saturated heterocycles. The van der Waals surface area contributed by atoms with Gasteiger partial charge in [0.15, 0.2) is 0 Å². The Bertz CT molecular complexity index is 345. The molecule has 2 aliphatic carbocycles. The van der Waals surface area contributed by atoms with Crippen molar-refractivity contribution in [1.29, 1.82) is 0 Å². The molecule has 0 heterocycles. The van der Waals surface area contributed by atoms with Crippen molar-refractivity contribution in [3.63, 3.8) is 0 Å². The Morgan fingerprint density at radius 2 is 2.06 bits per heavy atom. The van der Waals surface area contributed by atoms with E-state index < -0.39 is 10.7 Å². The van der Waals surface area contributed by atoms with Crippen molar-refractivity contribution in [3.8, 4) is 0 Å². The highest BCUT2D eigenvalue weighted by Crippen LogP contribution is 2.59. The molecule has 2 saturated carbocycles. The SMILES string of the molecule is CCC12CCCC(O[N+](=O)[O-])(CC(C)(CN)C1)C2. The monoisotopic (exact) mass is 256 g/mol. The zero-order valence-corrected chi connectivity index (χ0v) is 11.4. The number of hydrogen-bond donors (Lipinski definition) is 1. The van der Waals surface area contributed by atoms with Crippen molar-refractivity contribution in [3.05, 3.63) is 10.1 Å². The highest BCUT2D eigenvalue weighted by atomic mass is 17.0. The molecule has 0 aliphatic heterocycles. The zero-order chi connectivity index (χ0) is 13.4. The van der Waals surface area contributed by atoms with Gasteiger partial charge in [-0.3, -0.25) is 0 Å². The zero-order valence-electron chi connectivity index (χ0n) is 11.4. The normalized spacial score (nSPS) is 43.5. The van der Waals surface area contributed by atoms with Crippen molar-refractivity contribution < 1.29 is 9.92 Å². The Kier molecular flexibility index (Phi) is 3.30. The molecular weight excluding hydrogens is 232 g/mol. The highest BCUT2D eigenvalue weighted by Gasteiger charge is 2.55. The van der Waals surface area contributed by atoms with Crippen molar-refractivity contribution in [1.82, 2.24) is 0 Å². The lowest BCUT2D eigenvalue weighted by atomic mass is 9.51. The minimum atomic E-state index is -0.603. The number of hydrogen-bond acceptors (Lipinski definition) is 4. The van der Waals surface area contributed by atoms with Crippen molar-refractivity contribution in [2.24, 2.45) is 16.6 Å². The summed E-state index contributed by atoms with van der Waals surface area (Å²) in [4.78, 5) is 15.9. The van der Waals surface area contributed by atoms with Crippen LogP contribution in [-0.4, -0.2) is 17.2 Å². The highest BCUT2D eigenvalue weighted by molar-refractivity contribution is 5.05. The van der Waals surface area contributed by atoms with Crippen LogP contribution in [0, 0.1) is 20.9 Å². The van der Waals surface area contributed by atoms with Crippen LogP contribution < -0.4 is 5.73 Å². The van der Waals surface area contributed by atoms with Gasteiger partial charge in [-0.25, -0.2) is 0 Å². The first-order valence-corrected chi connectivity index (χ1v) is 6.90.